The second kappa shape index (κ2) is 11.8. The SMILES string of the molecule is COc1cccc([C@H](C(=O)NC2CCCC2)N(CCc2cccc(C)c2)C(=O)c2ccco2)c1OC. The zero-order chi connectivity index (χ0) is 25.5. The van der Waals surface area contributed by atoms with Crippen LogP contribution in [0.5, 0.6) is 11.5 Å². The quantitative estimate of drug-likeness (QED) is 0.428. The van der Waals surface area contributed by atoms with Crippen molar-refractivity contribution in [3.8, 4) is 11.5 Å². The van der Waals surface area contributed by atoms with Crippen molar-refractivity contribution in [2.45, 2.75) is 51.1 Å². The van der Waals surface area contributed by atoms with Crippen LogP contribution in [0.3, 0.4) is 0 Å². The Balaban J connectivity index is 1.77. The predicted molar refractivity (Wildman–Crippen MR) is 137 cm³/mol. The first-order valence-corrected chi connectivity index (χ1v) is 12.4. The van der Waals surface area contributed by atoms with E-state index in [4.69, 9.17) is 13.9 Å². The molecular formula is C29H34N2O5. The molecule has 1 fully saturated rings. The molecule has 4 rings (SSSR count). The Morgan fingerprint density at radius 2 is 1.83 bits per heavy atom. The topological polar surface area (TPSA) is 81.0 Å². The summed E-state index contributed by atoms with van der Waals surface area (Å²) in [6.07, 6.45) is 6.08. The molecule has 36 heavy (non-hydrogen) atoms. The Kier molecular flexibility index (Phi) is 8.31. The van der Waals surface area contributed by atoms with E-state index < -0.39 is 6.04 Å². The molecule has 0 unspecified atom stereocenters. The highest BCUT2D eigenvalue weighted by Gasteiger charge is 2.36. The van der Waals surface area contributed by atoms with Crippen LogP contribution >= 0.6 is 0 Å². The van der Waals surface area contributed by atoms with E-state index >= 15 is 0 Å². The zero-order valence-corrected chi connectivity index (χ0v) is 21.2. The van der Waals surface area contributed by atoms with Crippen molar-refractivity contribution in [2.75, 3.05) is 20.8 Å². The maximum atomic E-state index is 13.9. The van der Waals surface area contributed by atoms with E-state index in [0.717, 1.165) is 36.8 Å². The van der Waals surface area contributed by atoms with Gasteiger partial charge in [-0.25, -0.2) is 0 Å². The number of hydrogen-bond acceptors (Lipinski definition) is 5. The fourth-order valence-corrected chi connectivity index (χ4v) is 4.94. The number of methoxy groups -OCH3 is 2. The molecule has 2 amide bonds. The van der Waals surface area contributed by atoms with Crippen molar-refractivity contribution >= 4 is 11.8 Å². The van der Waals surface area contributed by atoms with Crippen molar-refractivity contribution in [3.63, 3.8) is 0 Å². The third-order valence-electron chi connectivity index (χ3n) is 6.71. The van der Waals surface area contributed by atoms with E-state index in [0.29, 0.717) is 30.0 Å². The van der Waals surface area contributed by atoms with Gasteiger partial charge in [0.15, 0.2) is 17.3 Å². The lowest BCUT2D eigenvalue weighted by Crippen LogP contribution is -2.47. The van der Waals surface area contributed by atoms with Crippen LogP contribution in [0, 0.1) is 6.92 Å². The third kappa shape index (κ3) is 5.73. The Morgan fingerprint density at radius 1 is 1.06 bits per heavy atom. The minimum Gasteiger partial charge on any atom is -0.493 e. The number of nitrogens with zero attached hydrogens (tertiary/aromatic N) is 1. The number of hydrogen-bond donors (Lipinski definition) is 1. The second-order valence-electron chi connectivity index (χ2n) is 9.19. The summed E-state index contributed by atoms with van der Waals surface area (Å²) in [5.41, 5.74) is 2.79. The number of carbonyl (C=O) groups is 2. The highest BCUT2D eigenvalue weighted by Crippen LogP contribution is 2.38. The van der Waals surface area contributed by atoms with Gasteiger partial charge in [-0.3, -0.25) is 9.59 Å². The van der Waals surface area contributed by atoms with Crippen LogP contribution in [-0.4, -0.2) is 43.5 Å². The summed E-state index contributed by atoms with van der Waals surface area (Å²) in [7, 11) is 3.09. The van der Waals surface area contributed by atoms with Gasteiger partial charge in [0.25, 0.3) is 5.91 Å². The molecular weight excluding hydrogens is 456 g/mol. The molecule has 0 spiro atoms. The fourth-order valence-electron chi connectivity index (χ4n) is 4.94. The molecule has 1 atom stereocenters. The Labute approximate surface area is 212 Å². The van der Waals surface area contributed by atoms with E-state index in [1.54, 1.807) is 37.3 Å². The number of ether oxygens (including phenoxy) is 2. The van der Waals surface area contributed by atoms with Crippen molar-refractivity contribution in [2.24, 2.45) is 0 Å². The van der Waals surface area contributed by atoms with Gasteiger partial charge in [0, 0.05) is 18.2 Å². The lowest BCUT2D eigenvalue weighted by molar-refractivity contribution is -0.126. The molecule has 1 aromatic heterocycles. The summed E-state index contributed by atoms with van der Waals surface area (Å²) >= 11 is 0. The molecule has 0 saturated heterocycles. The number of furan rings is 1. The van der Waals surface area contributed by atoms with Crippen molar-refractivity contribution in [1.29, 1.82) is 0 Å². The van der Waals surface area contributed by atoms with Crippen LogP contribution in [0.2, 0.25) is 0 Å². The average molecular weight is 491 g/mol. The summed E-state index contributed by atoms with van der Waals surface area (Å²) in [4.78, 5) is 29.3. The van der Waals surface area contributed by atoms with Crippen LogP contribution in [-0.2, 0) is 11.2 Å². The van der Waals surface area contributed by atoms with Gasteiger partial charge in [0.1, 0.15) is 6.04 Å². The van der Waals surface area contributed by atoms with E-state index in [-0.39, 0.29) is 23.6 Å². The zero-order valence-electron chi connectivity index (χ0n) is 21.2. The van der Waals surface area contributed by atoms with E-state index in [2.05, 4.69) is 11.4 Å². The lowest BCUT2D eigenvalue weighted by atomic mass is 10.00. The van der Waals surface area contributed by atoms with E-state index in [9.17, 15) is 9.59 Å². The molecule has 0 aliphatic heterocycles. The van der Waals surface area contributed by atoms with Gasteiger partial charge in [-0.15, -0.1) is 0 Å². The summed E-state index contributed by atoms with van der Waals surface area (Å²) in [6.45, 7) is 2.35. The minimum absolute atomic E-state index is 0.0916. The van der Waals surface area contributed by atoms with Gasteiger partial charge in [-0.1, -0.05) is 54.8 Å². The monoisotopic (exact) mass is 490 g/mol. The summed E-state index contributed by atoms with van der Waals surface area (Å²) in [6, 6.07) is 16.0. The smallest absolute Gasteiger partial charge is 0.290 e. The highest BCUT2D eigenvalue weighted by atomic mass is 16.5. The van der Waals surface area contributed by atoms with Gasteiger partial charge in [0.05, 0.1) is 20.5 Å². The number of rotatable bonds is 10. The Hall–Kier alpha value is -3.74. The molecule has 0 bridgehead atoms. The van der Waals surface area contributed by atoms with Crippen molar-refractivity contribution in [3.05, 3.63) is 83.3 Å². The molecule has 1 heterocycles. The molecule has 2 aromatic carbocycles. The normalized spacial score (nSPS) is 14.3. The number of amides is 2. The molecule has 1 saturated carbocycles. The predicted octanol–water partition coefficient (Wildman–Crippen LogP) is 5.09. The van der Waals surface area contributed by atoms with Crippen LogP contribution in [0.1, 0.15) is 59.0 Å². The maximum Gasteiger partial charge on any atom is 0.290 e. The molecule has 0 radical (unpaired) electrons. The average Bonchev–Trinajstić information content (AvgIpc) is 3.60. The Morgan fingerprint density at radius 3 is 2.50 bits per heavy atom. The first-order chi connectivity index (χ1) is 17.5. The first-order valence-electron chi connectivity index (χ1n) is 12.4. The third-order valence-corrected chi connectivity index (χ3v) is 6.71. The Bertz CT molecular complexity index is 1170. The molecule has 1 aliphatic carbocycles. The minimum atomic E-state index is -0.932. The van der Waals surface area contributed by atoms with Gasteiger partial charge in [-0.2, -0.15) is 0 Å². The van der Waals surface area contributed by atoms with Crippen molar-refractivity contribution in [1.82, 2.24) is 10.2 Å². The number of aryl methyl sites for hydroxylation is 1. The summed E-state index contributed by atoms with van der Waals surface area (Å²) in [5, 5.41) is 3.19. The summed E-state index contributed by atoms with van der Waals surface area (Å²) < 4.78 is 16.7. The largest absolute Gasteiger partial charge is 0.493 e. The molecule has 7 heteroatoms. The maximum absolute atomic E-state index is 13.9. The molecule has 3 aromatic rings. The van der Waals surface area contributed by atoms with Crippen LogP contribution < -0.4 is 14.8 Å². The molecule has 1 aliphatic rings. The number of para-hydroxylation sites is 1. The molecule has 1 N–H and O–H groups in total. The number of benzene rings is 2. The van der Waals surface area contributed by atoms with Gasteiger partial charge >= 0.3 is 0 Å². The standard InChI is InChI=1S/C29H34N2O5/c1-20-9-6-10-21(19-20)16-17-31(29(33)25-15-8-18-36-25)26(28(32)30-22-11-4-5-12-22)23-13-7-14-24(34-2)27(23)35-3/h6-10,13-15,18-19,22,26H,4-5,11-12,16-17H2,1-3H3,(H,30,32)/t26-/m1/s1. The van der Waals surface area contributed by atoms with E-state index in [1.807, 2.05) is 37.3 Å². The molecule has 7 nitrogen and oxygen atoms in total. The van der Waals surface area contributed by atoms with Gasteiger partial charge < -0.3 is 24.1 Å². The lowest BCUT2D eigenvalue weighted by Gasteiger charge is -2.32. The first kappa shape index (κ1) is 25.4. The number of nitrogens with one attached hydrogen (secondary N) is 1. The fraction of sp³-hybridized carbons (Fsp3) is 0.379. The van der Waals surface area contributed by atoms with Gasteiger partial charge in [-0.05, 0) is 49.9 Å². The summed E-state index contributed by atoms with van der Waals surface area (Å²) in [5.74, 6) is 0.513. The second-order valence-corrected chi connectivity index (χ2v) is 9.19. The van der Waals surface area contributed by atoms with E-state index in [1.165, 1.54) is 6.26 Å². The highest BCUT2D eigenvalue weighted by molar-refractivity contribution is 5.96. The number of carbonyl (C=O) groups excluding carboxylic acids is 2. The van der Waals surface area contributed by atoms with Crippen molar-refractivity contribution < 1.29 is 23.5 Å². The van der Waals surface area contributed by atoms with Crippen LogP contribution in [0.4, 0.5) is 0 Å². The van der Waals surface area contributed by atoms with Crippen LogP contribution in [0.25, 0.3) is 0 Å². The molecule has 190 valence electrons. The van der Waals surface area contributed by atoms with Crippen LogP contribution in [0.15, 0.2) is 65.3 Å². The van der Waals surface area contributed by atoms with Gasteiger partial charge in [0.2, 0.25) is 5.91 Å².